The van der Waals surface area contributed by atoms with Crippen molar-refractivity contribution in [3.05, 3.63) is 29.6 Å². The molecule has 1 amide bonds. The van der Waals surface area contributed by atoms with Gasteiger partial charge in [0.25, 0.3) is 0 Å². The van der Waals surface area contributed by atoms with Crippen LogP contribution in [0.25, 0.3) is 0 Å². The number of nitrogens with zero attached hydrogens (tertiary/aromatic N) is 2. The van der Waals surface area contributed by atoms with Gasteiger partial charge >= 0.3 is 0 Å². The van der Waals surface area contributed by atoms with E-state index >= 15 is 0 Å². The van der Waals surface area contributed by atoms with E-state index in [1.807, 2.05) is 25.1 Å². The Balaban J connectivity index is 1.76. The van der Waals surface area contributed by atoms with Gasteiger partial charge in [-0.15, -0.1) is 0 Å². The predicted octanol–water partition coefficient (Wildman–Crippen LogP) is 3.88. The van der Waals surface area contributed by atoms with Gasteiger partial charge in [-0.3, -0.25) is 9.78 Å². The molecule has 0 N–H and O–H groups in total. The van der Waals surface area contributed by atoms with Crippen LogP contribution < -0.4 is 0 Å². The quantitative estimate of drug-likeness (QED) is 0.830. The van der Waals surface area contributed by atoms with E-state index < -0.39 is 11.8 Å². The van der Waals surface area contributed by atoms with Crippen molar-refractivity contribution in [2.24, 2.45) is 5.92 Å². The van der Waals surface area contributed by atoms with Crippen LogP contribution in [0, 0.1) is 12.8 Å². The SMILES string of the molecule is Cc1cccc(C2CCCN2C(=O)C2CCCC(F)(F)C2)n1. The second-order valence-corrected chi connectivity index (χ2v) is 6.54. The van der Waals surface area contributed by atoms with E-state index in [-0.39, 0.29) is 24.8 Å². The number of aromatic nitrogens is 1. The molecule has 1 saturated heterocycles. The van der Waals surface area contributed by atoms with Crippen LogP contribution in [0.15, 0.2) is 18.2 Å². The number of carbonyl (C=O) groups is 1. The van der Waals surface area contributed by atoms with Gasteiger partial charge < -0.3 is 4.90 Å². The third-order valence-electron chi connectivity index (χ3n) is 4.78. The van der Waals surface area contributed by atoms with Crippen LogP contribution in [0.2, 0.25) is 0 Å². The van der Waals surface area contributed by atoms with Gasteiger partial charge in [-0.05, 0) is 44.7 Å². The van der Waals surface area contributed by atoms with Crippen LogP contribution in [-0.2, 0) is 4.79 Å². The summed E-state index contributed by atoms with van der Waals surface area (Å²) >= 11 is 0. The van der Waals surface area contributed by atoms with E-state index in [2.05, 4.69) is 4.98 Å². The number of aryl methyl sites for hydroxylation is 1. The normalized spacial score (nSPS) is 27.9. The monoisotopic (exact) mass is 308 g/mol. The summed E-state index contributed by atoms with van der Waals surface area (Å²) in [4.78, 5) is 19.0. The van der Waals surface area contributed by atoms with Gasteiger partial charge in [-0.2, -0.15) is 0 Å². The van der Waals surface area contributed by atoms with Crippen LogP contribution in [0.1, 0.15) is 56.0 Å². The highest BCUT2D eigenvalue weighted by Gasteiger charge is 2.42. The van der Waals surface area contributed by atoms with E-state index in [0.29, 0.717) is 19.4 Å². The summed E-state index contributed by atoms with van der Waals surface area (Å²) in [6.45, 7) is 2.58. The van der Waals surface area contributed by atoms with Gasteiger partial charge in [-0.1, -0.05) is 6.07 Å². The lowest BCUT2D eigenvalue weighted by atomic mass is 9.85. The van der Waals surface area contributed by atoms with Crippen LogP contribution in [0.4, 0.5) is 8.78 Å². The standard InChI is InChI=1S/C17H22F2N2O/c1-12-5-2-7-14(20-12)15-8-4-10-21(15)16(22)13-6-3-9-17(18,19)11-13/h2,5,7,13,15H,3-4,6,8-11H2,1H3. The van der Waals surface area contributed by atoms with Crippen molar-refractivity contribution in [2.75, 3.05) is 6.54 Å². The molecule has 2 atom stereocenters. The second kappa shape index (κ2) is 5.94. The predicted molar refractivity (Wildman–Crippen MR) is 79.6 cm³/mol. The topological polar surface area (TPSA) is 33.2 Å². The highest BCUT2D eigenvalue weighted by molar-refractivity contribution is 5.79. The fraction of sp³-hybridized carbons (Fsp3) is 0.647. The highest BCUT2D eigenvalue weighted by Crippen LogP contribution is 2.40. The van der Waals surface area contributed by atoms with E-state index in [1.54, 1.807) is 4.90 Å². The Bertz CT molecular complexity index is 561. The summed E-state index contributed by atoms with van der Waals surface area (Å²) in [7, 11) is 0. The zero-order valence-corrected chi connectivity index (χ0v) is 12.9. The highest BCUT2D eigenvalue weighted by atomic mass is 19.3. The maximum Gasteiger partial charge on any atom is 0.248 e. The molecule has 0 spiro atoms. The summed E-state index contributed by atoms with van der Waals surface area (Å²) in [5.41, 5.74) is 1.80. The number of pyridine rings is 1. The number of hydrogen-bond acceptors (Lipinski definition) is 2. The molecule has 0 aromatic carbocycles. The van der Waals surface area contributed by atoms with Crippen LogP contribution in [0.3, 0.4) is 0 Å². The summed E-state index contributed by atoms with van der Waals surface area (Å²) in [5.74, 6) is -3.32. The lowest BCUT2D eigenvalue weighted by Crippen LogP contribution is -2.40. The molecule has 0 bridgehead atoms. The summed E-state index contributed by atoms with van der Waals surface area (Å²) in [6.07, 6.45) is 2.42. The summed E-state index contributed by atoms with van der Waals surface area (Å²) in [6, 6.07) is 5.74. The molecule has 3 rings (SSSR count). The smallest absolute Gasteiger partial charge is 0.248 e. The van der Waals surface area contributed by atoms with Gasteiger partial charge in [-0.25, -0.2) is 8.78 Å². The van der Waals surface area contributed by atoms with Gasteiger partial charge in [0.2, 0.25) is 11.8 Å². The fourth-order valence-corrected chi connectivity index (χ4v) is 3.70. The molecule has 2 heterocycles. The Morgan fingerprint density at radius 2 is 2.14 bits per heavy atom. The third-order valence-corrected chi connectivity index (χ3v) is 4.78. The van der Waals surface area contributed by atoms with Crippen molar-refractivity contribution in [3.8, 4) is 0 Å². The zero-order valence-electron chi connectivity index (χ0n) is 12.9. The average Bonchev–Trinajstić information content (AvgIpc) is 2.94. The number of carbonyl (C=O) groups excluding carboxylic acids is 1. The van der Waals surface area contributed by atoms with E-state index in [9.17, 15) is 13.6 Å². The lowest BCUT2D eigenvalue weighted by Gasteiger charge is -2.33. The van der Waals surface area contributed by atoms with Crippen LogP contribution in [0.5, 0.6) is 0 Å². The Kier molecular flexibility index (Phi) is 4.15. The van der Waals surface area contributed by atoms with Crippen LogP contribution >= 0.6 is 0 Å². The summed E-state index contributed by atoms with van der Waals surface area (Å²) < 4.78 is 27.2. The Morgan fingerprint density at radius 1 is 1.32 bits per heavy atom. The average molecular weight is 308 g/mol. The van der Waals surface area contributed by atoms with Crippen molar-refractivity contribution in [2.45, 2.75) is 57.4 Å². The molecule has 1 saturated carbocycles. The minimum Gasteiger partial charge on any atom is -0.334 e. The molecular formula is C17H22F2N2O. The molecule has 2 aliphatic rings. The van der Waals surface area contributed by atoms with E-state index in [4.69, 9.17) is 0 Å². The maximum atomic E-state index is 13.6. The lowest BCUT2D eigenvalue weighted by molar-refractivity contribution is -0.143. The van der Waals surface area contributed by atoms with Crippen molar-refractivity contribution >= 4 is 5.91 Å². The molecule has 2 unspecified atom stereocenters. The molecule has 0 radical (unpaired) electrons. The molecule has 2 fully saturated rings. The fourth-order valence-electron chi connectivity index (χ4n) is 3.70. The number of rotatable bonds is 2. The maximum absolute atomic E-state index is 13.6. The first-order valence-electron chi connectivity index (χ1n) is 8.08. The molecular weight excluding hydrogens is 286 g/mol. The molecule has 1 aliphatic heterocycles. The van der Waals surface area contributed by atoms with Crippen molar-refractivity contribution in [1.29, 1.82) is 0 Å². The number of alkyl halides is 2. The first kappa shape index (κ1) is 15.4. The molecule has 22 heavy (non-hydrogen) atoms. The van der Waals surface area contributed by atoms with E-state index in [1.165, 1.54) is 0 Å². The van der Waals surface area contributed by atoms with E-state index in [0.717, 1.165) is 24.2 Å². The van der Waals surface area contributed by atoms with Gasteiger partial charge in [0.1, 0.15) is 0 Å². The zero-order chi connectivity index (χ0) is 15.7. The minimum absolute atomic E-state index is 0.0528. The molecule has 5 heteroatoms. The van der Waals surface area contributed by atoms with Crippen LogP contribution in [-0.4, -0.2) is 28.3 Å². The first-order chi connectivity index (χ1) is 10.5. The van der Waals surface area contributed by atoms with Crippen molar-refractivity contribution < 1.29 is 13.6 Å². The molecule has 1 aromatic rings. The number of hydrogen-bond donors (Lipinski definition) is 0. The number of halogens is 2. The summed E-state index contributed by atoms with van der Waals surface area (Å²) in [5, 5.41) is 0. The first-order valence-corrected chi connectivity index (χ1v) is 8.08. The Hall–Kier alpha value is -1.52. The molecule has 1 aromatic heterocycles. The second-order valence-electron chi connectivity index (χ2n) is 6.54. The van der Waals surface area contributed by atoms with Gasteiger partial charge in [0, 0.05) is 31.0 Å². The van der Waals surface area contributed by atoms with Gasteiger partial charge in [0.05, 0.1) is 11.7 Å². The Morgan fingerprint density at radius 3 is 2.86 bits per heavy atom. The minimum atomic E-state index is -2.69. The third kappa shape index (κ3) is 3.13. The number of likely N-dealkylation sites (tertiary alicyclic amines) is 1. The Labute approximate surface area is 129 Å². The largest absolute Gasteiger partial charge is 0.334 e. The molecule has 3 nitrogen and oxygen atoms in total. The van der Waals surface area contributed by atoms with Crippen molar-refractivity contribution in [1.82, 2.24) is 9.88 Å². The number of amides is 1. The molecule has 1 aliphatic carbocycles. The van der Waals surface area contributed by atoms with Gasteiger partial charge in [0.15, 0.2) is 0 Å². The van der Waals surface area contributed by atoms with Crippen molar-refractivity contribution in [3.63, 3.8) is 0 Å². The molecule has 120 valence electrons.